The summed E-state index contributed by atoms with van der Waals surface area (Å²) >= 11 is 4.74. The summed E-state index contributed by atoms with van der Waals surface area (Å²) in [6.07, 6.45) is 0. The van der Waals surface area contributed by atoms with Crippen LogP contribution >= 0.6 is 27.3 Å². The molecule has 0 spiro atoms. The van der Waals surface area contributed by atoms with E-state index < -0.39 is 10.0 Å². The van der Waals surface area contributed by atoms with Crippen molar-refractivity contribution in [2.75, 3.05) is 18.8 Å². The molecule has 0 saturated carbocycles. The van der Waals surface area contributed by atoms with Gasteiger partial charge in [0.05, 0.1) is 9.47 Å². The molecule has 21 heavy (non-hydrogen) atoms. The van der Waals surface area contributed by atoms with Gasteiger partial charge in [0.1, 0.15) is 4.90 Å². The van der Waals surface area contributed by atoms with E-state index in [9.17, 15) is 8.42 Å². The summed E-state index contributed by atoms with van der Waals surface area (Å²) in [7, 11) is 0.330. The van der Waals surface area contributed by atoms with E-state index in [-0.39, 0.29) is 0 Å². The number of halogens is 1. The first kappa shape index (κ1) is 16.5. The summed E-state index contributed by atoms with van der Waals surface area (Å²) in [6, 6.07) is 9.08. The van der Waals surface area contributed by atoms with Crippen molar-refractivity contribution in [1.82, 2.24) is 4.90 Å². The van der Waals surface area contributed by atoms with Crippen LogP contribution in [-0.4, -0.2) is 27.4 Å². The van der Waals surface area contributed by atoms with Gasteiger partial charge in [0.2, 0.25) is 0 Å². The van der Waals surface area contributed by atoms with Crippen molar-refractivity contribution < 1.29 is 8.42 Å². The highest BCUT2D eigenvalue weighted by Gasteiger charge is 2.20. The van der Waals surface area contributed by atoms with Gasteiger partial charge in [-0.15, -0.1) is 11.3 Å². The van der Waals surface area contributed by atoms with Crippen LogP contribution in [0.4, 0.5) is 5.69 Å². The molecule has 1 aromatic heterocycles. The van der Waals surface area contributed by atoms with Crippen molar-refractivity contribution in [1.29, 1.82) is 0 Å². The lowest BCUT2D eigenvalue weighted by Gasteiger charge is -2.15. The molecule has 114 valence electrons. The van der Waals surface area contributed by atoms with Gasteiger partial charge in [0.15, 0.2) is 0 Å². The molecule has 0 aliphatic carbocycles. The fourth-order valence-corrected chi connectivity index (χ4v) is 5.51. The second-order valence-electron chi connectivity index (χ2n) is 4.97. The molecular weight excluding hydrogens is 372 g/mol. The number of rotatable bonds is 5. The second-order valence-corrected chi connectivity index (χ2v) is 9.26. The molecular formula is C14H17BrN2O2S2. The Morgan fingerprint density at radius 3 is 2.52 bits per heavy atom. The van der Waals surface area contributed by atoms with Gasteiger partial charge in [0.25, 0.3) is 10.0 Å². The third kappa shape index (κ3) is 4.06. The summed E-state index contributed by atoms with van der Waals surface area (Å²) in [6.45, 7) is 2.47. The van der Waals surface area contributed by atoms with E-state index >= 15 is 0 Å². The van der Waals surface area contributed by atoms with Crippen LogP contribution in [0.5, 0.6) is 0 Å². The Morgan fingerprint density at radius 1 is 1.29 bits per heavy atom. The van der Waals surface area contributed by atoms with Crippen LogP contribution < -0.4 is 4.72 Å². The first-order chi connectivity index (χ1) is 9.79. The van der Waals surface area contributed by atoms with Gasteiger partial charge >= 0.3 is 0 Å². The zero-order valence-corrected chi connectivity index (χ0v) is 15.3. The topological polar surface area (TPSA) is 49.4 Å². The van der Waals surface area contributed by atoms with E-state index in [0.717, 1.165) is 14.2 Å². The zero-order valence-electron chi connectivity index (χ0n) is 12.1. The minimum atomic E-state index is -3.57. The Bertz CT molecular complexity index is 739. The van der Waals surface area contributed by atoms with Gasteiger partial charge in [-0.05, 0) is 54.6 Å². The van der Waals surface area contributed by atoms with E-state index in [4.69, 9.17) is 0 Å². The molecule has 0 amide bonds. The summed E-state index contributed by atoms with van der Waals surface area (Å²) in [5.74, 6) is 0. The maximum absolute atomic E-state index is 12.5. The van der Waals surface area contributed by atoms with Crippen LogP contribution in [0, 0.1) is 6.92 Å². The summed E-state index contributed by atoms with van der Waals surface area (Å²) in [5.41, 5.74) is 1.56. The molecule has 1 heterocycles. The van der Waals surface area contributed by atoms with E-state index in [1.54, 1.807) is 19.1 Å². The van der Waals surface area contributed by atoms with Crippen LogP contribution in [0.3, 0.4) is 0 Å². The highest BCUT2D eigenvalue weighted by atomic mass is 79.9. The number of para-hydroxylation sites is 1. The third-order valence-corrected chi connectivity index (χ3v) is 6.05. The Labute approximate surface area is 138 Å². The Balaban J connectivity index is 2.35. The van der Waals surface area contributed by atoms with Crippen LogP contribution in [-0.2, 0) is 16.6 Å². The molecule has 0 radical (unpaired) electrons. The fraction of sp³-hybridized carbons (Fsp3) is 0.286. The summed E-state index contributed by atoms with van der Waals surface area (Å²) < 4.78 is 28.6. The van der Waals surface area contributed by atoms with Crippen LogP contribution in [0.2, 0.25) is 0 Å². The summed E-state index contributed by atoms with van der Waals surface area (Å²) in [4.78, 5) is 3.08. The van der Waals surface area contributed by atoms with Crippen molar-refractivity contribution in [3.8, 4) is 0 Å². The molecule has 0 saturated heterocycles. The molecule has 4 nitrogen and oxygen atoms in total. The molecule has 2 rings (SSSR count). The van der Waals surface area contributed by atoms with E-state index in [0.29, 0.717) is 17.1 Å². The number of benzene rings is 1. The Hall–Kier alpha value is -0.890. The van der Waals surface area contributed by atoms with Crippen molar-refractivity contribution in [3.05, 3.63) is 44.6 Å². The minimum absolute atomic E-state index is 0.319. The van der Waals surface area contributed by atoms with Gasteiger partial charge in [-0.2, -0.15) is 0 Å². The lowest BCUT2D eigenvalue weighted by molar-refractivity contribution is 0.403. The SMILES string of the molecule is Cc1sc(Br)cc1S(=O)(=O)Nc1ccccc1CN(C)C. The van der Waals surface area contributed by atoms with Gasteiger partial charge < -0.3 is 4.90 Å². The molecule has 1 aromatic carbocycles. The number of thiophene rings is 1. The van der Waals surface area contributed by atoms with Crippen LogP contribution in [0.1, 0.15) is 10.4 Å². The van der Waals surface area contributed by atoms with Crippen molar-refractivity contribution in [3.63, 3.8) is 0 Å². The normalized spacial score (nSPS) is 11.9. The van der Waals surface area contributed by atoms with Crippen LogP contribution in [0.25, 0.3) is 0 Å². The minimum Gasteiger partial charge on any atom is -0.305 e. The maximum atomic E-state index is 12.5. The average molecular weight is 389 g/mol. The summed E-state index contributed by atoms with van der Waals surface area (Å²) in [5, 5.41) is 0. The largest absolute Gasteiger partial charge is 0.305 e. The molecule has 1 N–H and O–H groups in total. The molecule has 2 aromatic rings. The van der Waals surface area contributed by atoms with Crippen LogP contribution in [0.15, 0.2) is 39.0 Å². The van der Waals surface area contributed by atoms with Gasteiger partial charge in [0, 0.05) is 11.4 Å². The van der Waals surface area contributed by atoms with E-state index in [2.05, 4.69) is 20.7 Å². The Morgan fingerprint density at radius 2 is 1.95 bits per heavy atom. The predicted molar refractivity (Wildman–Crippen MR) is 91.4 cm³/mol. The van der Waals surface area contributed by atoms with Crippen molar-refractivity contribution in [2.45, 2.75) is 18.4 Å². The lowest BCUT2D eigenvalue weighted by atomic mass is 10.2. The van der Waals surface area contributed by atoms with Crippen molar-refractivity contribution in [2.24, 2.45) is 0 Å². The smallest absolute Gasteiger partial charge is 0.263 e. The molecule has 0 fully saturated rings. The average Bonchev–Trinajstić information content (AvgIpc) is 2.71. The van der Waals surface area contributed by atoms with E-state index in [1.807, 2.05) is 37.2 Å². The number of hydrogen-bond acceptors (Lipinski definition) is 4. The first-order valence-corrected chi connectivity index (χ1v) is 9.40. The number of nitrogens with one attached hydrogen (secondary N) is 1. The van der Waals surface area contributed by atoms with Gasteiger partial charge in [-0.25, -0.2) is 8.42 Å². The zero-order chi connectivity index (χ0) is 15.6. The second kappa shape index (κ2) is 6.48. The molecule has 0 aliphatic heterocycles. The standard InChI is InChI=1S/C14H17BrN2O2S2/c1-10-13(8-14(15)20-10)21(18,19)16-12-7-5-4-6-11(12)9-17(2)3/h4-8,16H,9H2,1-3H3. The monoisotopic (exact) mass is 388 g/mol. The number of hydrogen-bond donors (Lipinski definition) is 1. The molecule has 0 unspecified atom stereocenters. The maximum Gasteiger partial charge on any atom is 0.263 e. The Kier molecular flexibility index (Phi) is 5.08. The number of anilines is 1. The third-order valence-electron chi connectivity index (χ3n) is 2.88. The molecule has 0 atom stereocenters. The molecule has 0 bridgehead atoms. The predicted octanol–water partition coefficient (Wildman–Crippen LogP) is 3.68. The number of nitrogens with zero attached hydrogens (tertiary/aromatic N) is 1. The number of sulfonamides is 1. The first-order valence-electron chi connectivity index (χ1n) is 6.31. The van der Waals surface area contributed by atoms with Crippen molar-refractivity contribution >= 4 is 43.0 Å². The molecule has 0 aliphatic rings. The number of aryl methyl sites for hydroxylation is 1. The van der Waals surface area contributed by atoms with E-state index in [1.165, 1.54) is 11.3 Å². The molecule has 7 heteroatoms. The lowest BCUT2D eigenvalue weighted by Crippen LogP contribution is -2.17. The van der Waals surface area contributed by atoms with Gasteiger partial charge in [-0.3, -0.25) is 4.72 Å². The quantitative estimate of drug-likeness (QED) is 0.849. The highest BCUT2D eigenvalue weighted by Crippen LogP contribution is 2.31. The fourth-order valence-electron chi connectivity index (χ4n) is 2.00. The highest BCUT2D eigenvalue weighted by molar-refractivity contribution is 9.11. The van der Waals surface area contributed by atoms with Gasteiger partial charge in [-0.1, -0.05) is 18.2 Å².